The molecule has 0 heterocycles. The summed E-state index contributed by atoms with van der Waals surface area (Å²) in [7, 11) is 0. The molecular formula is C12H11BrFNO2. The number of carbonyl (C=O) groups is 1. The van der Waals surface area contributed by atoms with Gasteiger partial charge in [0.2, 0.25) is 0 Å². The van der Waals surface area contributed by atoms with Gasteiger partial charge >= 0.3 is 0 Å². The van der Waals surface area contributed by atoms with Gasteiger partial charge in [0.25, 0.3) is 0 Å². The highest BCUT2D eigenvalue weighted by atomic mass is 79.9. The first kappa shape index (κ1) is 13.7. The second-order valence-corrected chi connectivity index (χ2v) is 4.35. The average Bonchev–Trinajstić information content (AvgIpc) is 2.25. The van der Waals surface area contributed by atoms with Crippen LogP contribution in [0.15, 0.2) is 16.6 Å². The molecule has 17 heavy (non-hydrogen) atoms. The van der Waals surface area contributed by atoms with Crippen molar-refractivity contribution < 1.29 is 13.9 Å². The van der Waals surface area contributed by atoms with Gasteiger partial charge in [-0.3, -0.25) is 4.79 Å². The number of unbranched alkanes of at least 4 members (excludes halogenated alkanes) is 1. The Labute approximate surface area is 107 Å². The van der Waals surface area contributed by atoms with Gasteiger partial charge in [-0.1, -0.05) is 15.9 Å². The summed E-state index contributed by atoms with van der Waals surface area (Å²) >= 11 is 3.12. The lowest BCUT2D eigenvalue weighted by atomic mass is 10.1. The molecule has 1 aromatic rings. The zero-order valence-electron chi connectivity index (χ0n) is 9.30. The van der Waals surface area contributed by atoms with Crippen LogP contribution in [0.3, 0.4) is 0 Å². The number of hydrogen-bond donors (Lipinski definition) is 0. The Balaban J connectivity index is 2.89. The number of nitrogens with zero attached hydrogens (tertiary/aromatic N) is 1. The lowest BCUT2D eigenvalue weighted by Crippen LogP contribution is -2.05. The molecule has 3 nitrogen and oxygen atoms in total. The van der Waals surface area contributed by atoms with Crippen molar-refractivity contribution in [2.45, 2.75) is 19.8 Å². The Hall–Kier alpha value is -1.41. The quantitative estimate of drug-likeness (QED) is 0.618. The van der Waals surface area contributed by atoms with Crippen LogP contribution >= 0.6 is 15.9 Å². The third kappa shape index (κ3) is 3.82. The summed E-state index contributed by atoms with van der Waals surface area (Å²) < 4.78 is 19.3. The fraction of sp³-hybridized carbons (Fsp3) is 0.333. The van der Waals surface area contributed by atoms with Crippen LogP contribution in [0.1, 0.15) is 30.1 Å². The monoisotopic (exact) mass is 299 g/mol. The molecule has 0 saturated heterocycles. The fourth-order valence-electron chi connectivity index (χ4n) is 1.29. The molecule has 0 aliphatic carbocycles. The average molecular weight is 300 g/mol. The first-order chi connectivity index (χ1) is 8.06. The number of ether oxygens (including phenoxy) is 1. The van der Waals surface area contributed by atoms with Crippen LogP contribution in [-0.4, -0.2) is 12.4 Å². The van der Waals surface area contributed by atoms with Crippen LogP contribution in [0.5, 0.6) is 5.75 Å². The van der Waals surface area contributed by atoms with Gasteiger partial charge in [0, 0.05) is 10.9 Å². The van der Waals surface area contributed by atoms with Gasteiger partial charge in [-0.05, 0) is 25.5 Å². The van der Waals surface area contributed by atoms with E-state index in [9.17, 15) is 9.18 Å². The van der Waals surface area contributed by atoms with Gasteiger partial charge in [0.15, 0.2) is 17.3 Å². The van der Waals surface area contributed by atoms with Crippen molar-refractivity contribution >= 4 is 21.7 Å². The first-order valence-electron chi connectivity index (χ1n) is 5.06. The Bertz CT molecular complexity index is 468. The summed E-state index contributed by atoms with van der Waals surface area (Å²) in [4.78, 5) is 11.3. The molecule has 0 atom stereocenters. The Morgan fingerprint density at radius 1 is 1.59 bits per heavy atom. The van der Waals surface area contributed by atoms with Crippen molar-refractivity contribution in [1.82, 2.24) is 0 Å². The fourth-order valence-corrected chi connectivity index (χ4v) is 1.72. The largest absolute Gasteiger partial charge is 0.490 e. The van der Waals surface area contributed by atoms with Crippen molar-refractivity contribution in [2.24, 2.45) is 0 Å². The maximum Gasteiger partial charge on any atom is 0.166 e. The predicted octanol–water partition coefficient (Wildman–Crippen LogP) is 3.47. The maximum absolute atomic E-state index is 13.6. The highest BCUT2D eigenvalue weighted by Gasteiger charge is 2.15. The molecule has 0 saturated carbocycles. The molecule has 0 amide bonds. The van der Waals surface area contributed by atoms with E-state index in [1.165, 1.54) is 19.1 Å². The van der Waals surface area contributed by atoms with Gasteiger partial charge in [-0.25, -0.2) is 4.39 Å². The van der Waals surface area contributed by atoms with Crippen LogP contribution in [0, 0.1) is 17.1 Å². The minimum Gasteiger partial charge on any atom is -0.490 e. The first-order valence-corrected chi connectivity index (χ1v) is 5.85. The van der Waals surface area contributed by atoms with Crippen LogP contribution < -0.4 is 4.74 Å². The minimum absolute atomic E-state index is 0.0429. The van der Waals surface area contributed by atoms with E-state index in [1.54, 1.807) is 0 Å². The van der Waals surface area contributed by atoms with Crippen molar-refractivity contribution in [3.63, 3.8) is 0 Å². The molecule has 0 fully saturated rings. The maximum atomic E-state index is 13.6. The van der Waals surface area contributed by atoms with E-state index >= 15 is 0 Å². The second-order valence-electron chi connectivity index (χ2n) is 3.43. The molecule has 0 radical (unpaired) electrons. The van der Waals surface area contributed by atoms with E-state index in [1.807, 2.05) is 6.07 Å². The number of hydrogen-bond acceptors (Lipinski definition) is 3. The molecule has 0 aliphatic rings. The Morgan fingerprint density at radius 3 is 2.88 bits per heavy atom. The molecule has 0 bridgehead atoms. The molecule has 1 aromatic carbocycles. The topological polar surface area (TPSA) is 50.1 Å². The summed E-state index contributed by atoms with van der Waals surface area (Å²) in [5.74, 6) is -0.888. The lowest BCUT2D eigenvalue weighted by molar-refractivity contribution is 0.101. The number of benzene rings is 1. The highest BCUT2D eigenvalue weighted by Crippen LogP contribution is 2.27. The smallest absolute Gasteiger partial charge is 0.166 e. The third-order valence-electron chi connectivity index (χ3n) is 2.07. The van der Waals surface area contributed by atoms with E-state index in [2.05, 4.69) is 15.9 Å². The van der Waals surface area contributed by atoms with Gasteiger partial charge in [-0.2, -0.15) is 5.26 Å². The van der Waals surface area contributed by atoms with Gasteiger partial charge in [-0.15, -0.1) is 0 Å². The van der Waals surface area contributed by atoms with E-state index in [0.29, 0.717) is 17.3 Å². The highest BCUT2D eigenvalue weighted by molar-refractivity contribution is 9.10. The molecular weight excluding hydrogens is 289 g/mol. The number of nitriles is 1. The number of halogens is 2. The zero-order chi connectivity index (χ0) is 12.8. The summed E-state index contributed by atoms with van der Waals surface area (Å²) in [6, 6.07) is 4.73. The summed E-state index contributed by atoms with van der Waals surface area (Å²) in [6.07, 6.45) is 0.844. The van der Waals surface area contributed by atoms with Crippen LogP contribution in [0.25, 0.3) is 0 Å². The third-order valence-corrected chi connectivity index (χ3v) is 2.52. The van der Waals surface area contributed by atoms with Crippen molar-refractivity contribution in [2.75, 3.05) is 6.61 Å². The molecule has 5 heteroatoms. The van der Waals surface area contributed by atoms with E-state index < -0.39 is 5.82 Å². The normalized spacial score (nSPS) is 9.76. The van der Waals surface area contributed by atoms with Crippen molar-refractivity contribution in [3.05, 3.63) is 28.0 Å². The van der Waals surface area contributed by atoms with Crippen LogP contribution in [-0.2, 0) is 0 Å². The van der Waals surface area contributed by atoms with Crippen LogP contribution in [0.4, 0.5) is 4.39 Å². The predicted molar refractivity (Wildman–Crippen MR) is 64.4 cm³/mol. The molecule has 0 aliphatic heterocycles. The lowest BCUT2D eigenvalue weighted by Gasteiger charge is -2.10. The molecule has 0 N–H and O–H groups in total. The number of carbonyl (C=O) groups excluding carboxylic acids is 1. The molecule has 1 rings (SSSR count). The van der Waals surface area contributed by atoms with E-state index in [4.69, 9.17) is 10.00 Å². The Morgan fingerprint density at radius 2 is 2.29 bits per heavy atom. The molecule has 90 valence electrons. The molecule has 0 unspecified atom stereocenters. The standard InChI is InChI=1S/C12H11BrFNO2/c1-8(16)10-6-9(13)7-11(14)12(10)17-5-3-2-4-15/h6-7H,2-3,5H2,1H3. The zero-order valence-corrected chi connectivity index (χ0v) is 10.9. The minimum atomic E-state index is -0.582. The van der Waals surface area contributed by atoms with E-state index in [-0.39, 0.29) is 23.7 Å². The summed E-state index contributed by atoms with van der Waals surface area (Å²) in [5.41, 5.74) is 0.203. The van der Waals surface area contributed by atoms with E-state index in [0.717, 1.165) is 0 Å². The number of rotatable bonds is 5. The summed E-state index contributed by atoms with van der Waals surface area (Å²) in [6.45, 7) is 1.57. The van der Waals surface area contributed by atoms with Crippen molar-refractivity contribution in [3.8, 4) is 11.8 Å². The molecule has 0 spiro atoms. The SMILES string of the molecule is CC(=O)c1cc(Br)cc(F)c1OCCCC#N. The Kier molecular flexibility index (Phi) is 5.11. The second kappa shape index (κ2) is 6.36. The van der Waals surface area contributed by atoms with Gasteiger partial charge < -0.3 is 4.74 Å². The summed E-state index contributed by atoms with van der Waals surface area (Å²) in [5, 5.41) is 8.36. The van der Waals surface area contributed by atoms with Crippen molar-refractivity contribution in [1.29, 1.82) is 5.26 Å². The number of Topliss-reactive ketones (excluding diaryl/α,β-unsaturated/α-hetero) is 1. The molecule has 0 aromatic heterocycles. The number of ketones is 1. The van der Waals surface area contributed by atoms with Crippen LogP contribution in [0.2, 0.25) is 0 Å². The van der Waals surface area contributed by atoms with Gasteiger partial charge in [0.05, 0.1) is 18.2 Å². The van der Waals surface area contributed by atoms with Gasteiger partial charge in [0.1, 0.15) is 0 Å².